The molecule has 354 valence electrons. The number of aliphatic carboxylic acids is 1. The van der Waals surface area contributed by atoms with E-state index in [2.05, 4.69) is 14.8 Å². The lowest BCUT2D eigenvalue weighted by atomic mass is 9.92. The van der Waals surface area contributed by atoms with Crippen molar-refractivity contribution < 1.29 is 42.9 Å². The Bertz CT molecular complexity index is 2480. The number of benzene rings is 2. The number of carbonyl (C=O) groups excluding carboxylic acids is 3. The number of hydrogen-bond donors (Lipinski definition) is 4. The van der Waals surface area contributed by atoms with Gasteiger partial charge >= 0.3 is 5.97 Å². The largest absolute Gasteiger partial charge is 0.496 e. The molecule has 4 aromatic rings. The number of nitrogens with zero attached hydrogens (tertiary/aromatic N) is 7. The van der Waals surface area contributed by atoms with E-state index in [4.69, 9.17) is 30.9 Å². The van der Waals surface area contributed by atoms with Crippen molar-refractivity contribution in [3.05, 3.63) is 94.6 Å². The van der Waals surface area contributed by atoms with Gasteiger partial charge in [0.2, 0.25) is 12.3 Å². The maximum Gasteiger partial charge on any atom is 0.323 e. The summed E-state index contributed by atoms with van der Waals surface area (Å²) in [4.78, 5) is 73.1. The average Bonchev–Trinajstić information content (AvgIpc) is 3.77. The Morgan fingerprint density at radius 3 is 2.39 bits per heavy atom. The summed E-state index contributed by atoms with van der Waals surface area (Å²) in [5.41, 5.74) is 9.11. The van der Waals surface area contributed by atoms with Crippen LogP contribution in [0, 0.1) is 5.82 Å². The zero-order valence-corrected chi connectivity index (χ0v) is 37.6. The van der Waals surface area contributed by atoms with Gasteiger partial charge in [-0.15, -0.1) is 0 Å². The van der Waals surface area contributed by atoms with E-state index in [0.717, 1.165) is 48.5 Å². The second-order valence-electron chi connectivity index (χ2n) is 16.1. The number of hydrogen-bond acceptors (Lipinski definition) is 13. The van der Waals surface area contributed by atoms with Crippen LogP contribution in [0.2, 0.25) is 0 Å². The first kappa shape index (κ1) is 48.7. The molecular weight excluding hydrogens is 856 g/mol. The van der Waals surface area contributed by atoms with Crippen LogP contribution in [0.4, 0.5) is 15.8 Å². The van der Waals surface area contributed by atoms with Crippen molar-refractivity contribution in [3.8, 4) is 16.9 Å². The maximum absolute atomic E-state index is 16.7. The number of H-pyrrole nitrogens is 1. The number of piperazine rings is 1. The molecule has 2 aliphatic heterocycles. The average molecular weight is 915 g/mol. The minimum atomic E-state index is -1.16. The molecule has 0 spiro atoms. The fourth-order valence-corrected chi connectivity index (χ4v) is 8.00. The molecule has 6 N–H and O–H groups in total. The van der Waals surface area contributed by atoms with E-state index in [-0.39, 0.29) is 55.7 Å². The van der Waals surface area contributed by atoms with Crippen LogP contribution in [-0.2, 0) is 30.4 Å². The van der Waals surface area contributed by atoms with Gasteiger partial charge in [0.25, 0.3) is 11.5 Å². The minimum absolute atomic E-state index is 0.114. The summed E-state index contributed by atoms with van der Waals surface area (Å²) in [6, 6.07) is 12.1. The molecule has 0 bridgehead atoms. The highest BCUT2D eigenvalue weighted by molar-refractivity contribution is 6.05. The number of fused-ring (bicyclic) bond motifs is 1. The van der Waals surface area contributed by atoms with E-state index in [1.165, 1.54) is 45.5 Å². The SMILES string of the molecule is COc1cc(N2CCN(CCOCCOCCN(C=O)c3ccc(=O)n(CC(=O)O)c3)CC2)ccc1-c1cc(C2=CCCN(C(=O)CCN(N)/C=C\N)C2)c(F)c2[nH]c(C(=O)N(C)C)cc12. The number of pyridine rings is 1. The number of carbonyl (C=O) groups is 4. The summed E-state index contributed by atoms with van der Waals surface area (Å²) < 4.78 is 35.2. The Morgan fingerprint density at radius 2 is 1.70 bits per heavy atom. The third-order valence-corrected chi connectivity index (χ3v) is 11.5. The minimum Gasteiger partial charge on any atom is -0.496 e. The predicted molar refractivity (Wildman–Crippen MR) is 248 cm³/mol. The molecule has 1 fully saturated rings. The molecule has 0 unspecified atom stereocenters. The number of aromatic nitrogens is 2. The Labute approximate surface area is 382 Å². The lowest BCUT2D eigenvalue weighted by molar-refractivity contribution is -0.137. The summed E-state index contributed by atoms with van der Waals surface area (Å²) in [7, 11) is 4.87. The summed E-state index contributed by atoms with van der Waals surface area (Å²) in [6.45, 7) is 5.98. The van der Waals surface area contributed by atoms with Crippen molar-refractivity contribution in [2.75, 3.05) is 116 Å². The molecule has 1 saturated heterocycles. The molecule has 2 aromatic heterocycles. The molecule has 0 aliphatic carbocycles. The van der Waals surface area contributed by atoms with Crippen molar-refractivity contribution in [3.63, 3.8) is 0 Å². The third-order valence-electron chi connectivity index (χ3n) is 11.5. The number of carboxylic acids is 1. The van der Waals surface area contributed by atoms with Crippen LogP contribution >= 0.6 is 0 Å². The van der Waals surface area contributed by atoms with Gasteiger partial charge in [0.15, 0.2) is 5.82 Å². The Kier molecular flexibility index (Phi) is 16.9. The number of ether oxygens (including phenoxy) is 3. The molecular formula is C46H59FN10O9. The number of anilines is 2. The monoisotopic (exact) mass is 914 g/mol. The lowest BCUT2D eigenvalue weighted by Crippen LogP contribution is -2.47. The zero-order chi connectivity index (χ0) is 47.3. The van der Waals surface area contributed by atoms with Crippen LogP contribution in [0.25, 0.3) is 27.6 Å². The highest BCUT2D eigenvalue weighted by Gasteiger charge is 2.27. The first-order valence-corrected chi connectivity index (χ1v) is 21.7. The summed E-state index contributed by atoms with van der Waals surface area (Å²) in [6.07, 6.45) is 7.37. The molecule has 4 heterocycles. The van der Waals surface area contributed by atoms with Crippen LogP contribution in [-0.4, -0.2) is 165 Å². The van der Waals surface area contributed by atoms with Gasteiger partial charge in [-0.2, -0.15) is 0 Å². The van der Waals surface area contributed by atoms with Gasteiger partial charge < -0.3 is 59.2 Å². The van der Waals surface area contributed by atoms with Gasteiger partial charge in [-0.1, -0.05) is 6.08 Å². The van der Waals surface area contributed by atoms with Crippen molar-refractivity contribution in [1.82, 2.24) is 29.3 Å². The van der Waals surface area contributed by atoms with Gasteiger partial charge in [0, 0.05) is 132 Å². The number of halogens is 1. The molecule has 19 nitrogen and oxygen atoms in total. The van der Waals surface area contributed by atoms with Gasteiger partial charge in [-0.25, -0.2) is 10.2 Å². The normalized spacial score (nSPS) is 14.4. The van der Waals surface area contributed by atoms with Crippen LogP contribution < -0.4 is 31.7 Å². The standard InChI is InChI=1S/C46H59FN10O9/c1-51(2)46(63)39-27-38-37(26-36(44(47)45(38)50-39)32-5-4-12-54(28-32)42(60)10-13-57(49)14-11-48)35-8-6-33(25-40(35)64-3)53-17-15-52(16-18-53)19-21-65-23-24-66-22-20-55(31-58)34-7-9-41(59)56(29-34)30-43(61)62/h5-9,11,14,25-27,29,31,50H,4,10,12-13,15-24,28,30,48-49H2,1-3H3,(H,61,62)/b14-11-. The molecule has 3 amide bonds. The highest BCUT2D eigenvalue weighted by atomic mass is 19.1. The van der Waals surface area contributed by atoms with E-state index in [9.17, 15) is 24.0 Å². The number of carboxylic acid groups (broad SMARTS) is 1. The fraction of sp³-hybridized carbons (Fsp3) is 0.413. The van der Waals surface area contributed by atoms with E-state index in [1.807, 2.05) is 24.3 Å². The second kappa shape index (κ2) is 22.9. The smallest absolute Gasteiger partial charge is 0.323 e. The van der Waals surface area contributed by atoms with E-state index >= 15 is 4.39 Å². The number of rotatable bonds is 22. The van der Waals surface area contributed by atoms with Gasteiger partial charge in [0.05, 0.1) is 44.7 Å². The molecule has 20 heteroatoms. The first-order chi connectivity index (χ1) is 31.8. The highest BCUT2D eigenvalue weighted by Crippen LogP contribution is 2.41. The lowest BCUT2D eigenvalue weighted by Gasteiger charge is -2.36. The van der Waals surface area contributed by atoms with Crippen LogP contribution in [0.5, 0.6) is 5.75 Å². The fourth-order valence-electron chi connectivity index (χ4n) is 8.00. The Hall–Kier alpha value is -6.74. The second-order valence-corrected chi connectivity index (χ2v) is 16.1. The summed E-state index contributed by atoms with van der Waals surface area (Å²) in [5.74, 6) is 4.37. The molecule has 0 atom stereocenters. The molecule has 2 aliphatic rings. The number of hydrazine groups is 1. The molecule has 2 aromatic carbocycles. The number of methoxy groups -OCH3 is 1. The quantitative estimate of drug-likeness (QED) is 0.0385. The van der Waals surface area contributed by atoms with Crippen molar-refractivity contribution in [2.24, 2.45) is 11.6 Å². The van der Waals surface area contributed by atoms with Gasteiger partial charge in [-0.3, -0.25) is 28.9 Å². The van der Waals surface area contributed by atoms with Crippen molar-refractivity contribution in [1.29, 1.82) is 0 Å². The van der Waals surface area contributed by atoms with E-state index < -0.39 is 23.9 Å². The van der Waals surface area contributed by atoms with E-state index in [0.29, 0.717) is 72.7 Å². The Balaban J connectivity index is 1.05. The summed E-state index contributed by atoms with van der Waals surface area (Å²) >= 11 is 0. The van der Waals surface area contributed by atoms with Crippen molar-refractivity contribution >= 4 is 52.0 Å². The predicted octanol–water partition coefficient (Wildman–Crippen LogP) is 2.36. The maximum atomic E-state index is 16.7. The van der Waals surface area contributed by atoms with E-state index in [1.54, 1.807) is 38.2 Å². The van der Waals surface area contributed by atoms with Crippen LogP contribution in [0.15, 0.2) is 71.9 Å². The third kappa shape index (κ3) is 12.1. The number of nitrogens with two attached hydrogens (primary N) is 2. The van der Waals surface area contributed by atoms with Crippen LogP contribution in [0.3, 0.4) is 0 Å². The van der Waals surface area contributed by atoms with Gasteiger partial charge in [-0.05, 0) is 47.9 Å². The number of aromatic amines is 1. The molecule has 66 heavy (non-hydrogen) atoms. The summed E-state index contributed by atoms with van der Waals surface area (Å²) in [5, 5.41) is 10.9. The van der Waals surface area contributed by atoms with Gasteiger partial charge in [0.1, 0.15) is 18.0 Å². The molecule has 0 saturated carbocycles. The Morgan fingerprint density at radius 1 is 0.939 bits per heavy atom. The van der Waals surface area contributed by atoms with Crippen LogP contribution in [0.1, 0.15) is 28.9 Å². The zero-order valence-electron chi connectivity index (χ0n) is 37.6. The van der Waals surface area contributed by atoms with Crippen molar-refractivity contribution in [2.45, 2.75) is 19.4 Å². The molecule has 0 radical (unpaired) electrons. The topological polar surface area (TPSA) is 225 Å². The number of nitrogens with one attached hydrogen (secondary N) is 1. The number of amides is 3. The molecule has 6 rings (SSSR count). The first-order valence-electron chi connectivity index (χ1n) is 21.7.